The third-order valence-electron chi connectivity index (χ3n) is 2.02. The molecule has 1 rings (SSSR count). The highest BCUT2D eigenvalue weighted by Gasteiger charge is 2.18. The summed E-state index contributed by atoms with van der Waals surface area (Å²) in [6.07, 6.45) is -2.00. The van der Waals surface area contributed by atoms with E-state index in [1.165, 1.54) is 18.2 Å². The van der Waals surface area contributed by atoms with Crippen molar-refractivity contribution in [1.29, 1.82) is 0 Å². The Kier molecular flexibility index (Phi) is 4.35. The van der Waals surface area contributed by atoms with E-state index in [0.717, 1.165) is 0 Å². The number of rotatable bonds is 4. The van der Waals surface area contributed by atoms with Crippen molar-refractivity contribution in [2.45, 2.75) is 12.2 Å². The number of aliphatic hydroxyl groups excluding tert-OH is 2. The summed E-state index contributed by atoms with van der Waals surface area (Å²) in [5.74, 6) is -0.0341. The molecular formula is C10H14ClNO3. The molecule has 0 aliphatic carbocycles. The molecule has 15 heavy (non-hydrogen) atoms. The van der Waals surface area contributed by atoms with Crippen LogP contribution >= 0.6 is 11.6 Å². The topological polar surface area (TPSA) is 72.7 Å². The lowest BCUT2D eigenvalue weighted by molar-refractivity contribution is 0.0201. The van der Waals surface area contributed by atoms with Gasteiger partial charge in [0.1, 0.15) is 11.9 Å². The third kappa shape index (κ3) is 3.35. The molecule has 0 heterocycles. The first-order valence-electron chi connectivity index (χ1n) is 4.54. The Bertz CT molecular complexity index is 312. The molecule has 4 nitrogen and oxygen atoms in total. The predicted molar refractivity (Wildman–Crippen MR) is 58.0 cm³/mol. The van der Waals surface area contributed by atoms with Crippen LogP contribution < -0.4 is 5.32 Å². The van der Waals surface area contributed by atoms with Crippen LogP contribution in [0.5, 0.6) is 5.75 Å². The normalized spacial score (nSPS) is 14.9. The summed E-state index contributed by atoms with van der Waals surface area (Å²) in [5.41, 5.74) is 0.391. The number of hydrogen-bond donors (Lipinski definition) is 4. The highest BCUT2D eigenvalue weighted by Crippen LogP contribution is 2.25. The number of hydrogen-bond acceptors (Lipinski definition) is 4. The average Bonchev–Trinajstić information content (AvgIpc) is 2.15. The van der Waals surface area contributed by atoms with Crippen LogP contribution in [0.25, 0.3) is 0 Å². The molecule has 1 aromatic rings. The second-order valence-electron chi connectivity index (χ2n) is 3.31. The first kappa shape index (κ1) is 12.3. The molecule has 5 heteroatoms. The van der Waals surface area contributed by atoms with E-state index >= 15 is 0 Å². The van der Waals surface area contributed by atoms with Crippen molar-refractivity contribution in [2.75, 3.05) is 13.6 Å². The van der Waals surface area contributed by atoms with Gasteiger partial charge in [0, 0.05) is 11.6 Å². The Labute approximate surface area is 93.1 Å². The van der Waals surface area contributed by atoms with Crippen LogP contribution in [0, 0.1) is 0 Å². The summed E-state index contributed by atoms with van der Waals surface area (Å²) in [5, 5.41) is 31.5. The highest BCUT2D eigenvalue weighted by atomic mass is 35.5. The highest BCUT2D eigenvalue weighted by molar-refractivity contribution is 6.30. The van der Waals surface area contributed by atoms with Gasteiger partial charge in [-0.25, -0.2) is 0 Å². The minimum absolute atomic E-state index is 0.0341. The zero-order valence-electron chi connectivity index (χ0n) is 8.31. The standard InChI is InChI=1S/C10H14ClNO3/c1-12-5-9(14)10(15)6-2-7(11)4-8(13)3-6/h2-4,9-10,12-15H,5H2,1H3. The quantitative estimate of drug-likeness (QED) is 0.614. The molecule has 0 saturated carbocycles. The van der Waals surface area contributed by atoms with E-state index in [2.05, 4.69) is 5.32 Å². The van der Waals surface area contributed by atoms with Crippen LogP contribution in [0.2, 0.25) is 5.02 Å². The van der Waals surface area contributed by atoms with Gasteiger partial charge in [-0.15, -0.1) is 0 Å². The number of halogens is 1. The summed E-state index contributed by atoms with van der Waals surface area (Å²) in [6.45, 7) is 0.258. The van der Waals surface area contributed by atoms with E-state index in [9.17, 15) is 15.3 Å². The number of benzene rings is 1. The molecule has 0 fully saturated rings. The number of phenols is 1. The molecule has 0 aromatic heterocycles. The Morgan fingerprint density at radius 1 is 1.33 bits per heavy atom. The van der Waals surface area contributed by atoms with Crippen molar-refractivity contribution in [1.82, 2.24) is 5.32 Å². The molecule has 4 N–H and O–H groups in total. The Balaban J connectivity index is 2.85. The molecule has 0 saturated heterocycles. The first-order valence-corrected chi connectivity index (χ1v) is 4.92. The van der Waals surface area contributed by atoms with Gasteiger partial charge in [0.25, 0.3) is 0 Å². The van der Waals surface area contributed by atoms with Gasteiger partial charge < -0.3 is 20.6 Å². The Morgan fingerprint density at radius 2 is 2.00 bits per heavy atom. The SMILES string of the molecule is CNCC(O)C(O)c1cc(O)cc(Cl)c1. The van der Waals surface area contributed by atoms with Gasteiger partial charge in [0.2, 0.25) is 0 Å². The summed E-state index contributed by atoms with van der Waals surface area (Å²) >= 11 is 5.71. The van der Waals surface area contributed by atoms with E-state index < -0.39 is 12.2 Å². The molecule has 0 amide bonds. The van der Waals surface area contributed by atoms with E-state index in [1.807, 2.05) is 0 Å². The average molecular weight is 232 g/mol. The molecule has 84 valence electrons. The van der Waals surface area contributed by atoms with Gasteiger partial charge in [-0.1, -0.05) is 11.6 Å². The zero-order valence-corrected chi connectivity index (χ0v) is 9.07. The van der Waals surface area contributed by atoms with E-state index in [0.29, 0.717) is 10.6 Å². The maximum absolute atomic E-state index is 9.71. The number of aromatic hydroxyl groups is 1. The fourth-order valence-electron chi connectivity index (χ4n) is 1.31. The second-order valence-corrected chi connectivity index (χ2v) is 3.75. The van der Waals surface area contributed by atoms with Crippen LogP contribution in [0.1, 0.15) is 11.7 Å². The lowest BCUT2D eigenvalue weighted by atomic mass is 10.0. The van der Waals surface area contributed by atoms with Gasteiger partial charge in [-0.05, 0) is 30.8 Å². The Morgan fingerprint density at radius 3 is 2.53 bits per heavy atom. The molecule has 0 spiro atoms. The van der Waals surface area contributed by atoms with Crippen molar-refractivity contribution in [3.63, 3.8) is 0 Å². The zero-order chi connectivity index (χ0) is 11.4. The summed E-state index contributed by atoms with van der Waals surface area (Å²) in [7, 11) is 1.67. The number of phenolic OH excluding ortho intramolecular Hbond substituents is 1. The van der Waals surface area contributed by atoms with Gasteiger partial charge in [-0.2, -0.15) is 0 Å². The minimum Gasteiger partial charge on any atom is -0.508 e. The van der Waals surface area contributed by atoms with E-state index in [4.69, 9.17) is 11.6 Å². The predicted octanol–water partition coefficient (Wildman–Crippen LogP) is 0.659. The van der Waals surface area contributed by atoms with E-state index in [1.54, 1.807) is 7.05 Å². The molecule has 2 unspecified atom stereocenters. The van der Waals surface area contributed by atoms with Crippen LogP contribution in [0.3, 0.4) is 0 Å². The van der Waals surface area contributed by atoms with Crippen LogP contribution in [-0.2, 0) is 0 Å². The molecule has 0 radical (unpaired) electrons. The largest absolute Gasteiger partial charge is 0.508 e. The van der Waals surface area contributed by atoms with Crippen molar-refractivity contribution in [3.8, 4) is 5.75 Å². The molecular weight excluding hydrogens is 218 g/mol. The van der Waals surface area contributed by atoms with Gasteiger partial charge >= 0.3 is 0 Å². The molecule has 2 atom stereocenters. The smallest absolute Gasteiger partial charge is 0.117 e. The van der Waals surface area contributed by atoms with E-state index in [-0.39, 0.29) is 12.3 Å². The van der Waals surface area contributed by atoms with Crippen molar-refractivity contribution in [3.05, 3.63) is 28.8 Å². The maximum atomic E-state index is 9.71. The molecule has 0 aliphatic heterocycles. The number of aliphatic hydroxyl groups is 2. The van der Waals surface area contributed by atoms with Crippen LogP contribution in [0.15, 0.2) is 18.2 Å². The number of nitrogens with one attached hydrogen (secondary N) is 1. The van der Waals surface area contributed by atoms with Crippen molar-refractivity contribution in [2.24, 2.45) is 0 Å². The fourth-order valence-corrected chi connectivity index (χ4v) is 1.55. The monoisotopic (exact) mass is 231 g/mol. The van der Waals surface area contributed by atoms with Gasteiger partial charge in [0.15, 0.2) is 0 Å². The van der Waals surface area contributed by atoms with Crippen molar-refractivity contribution < 1.29 is 15.3 Å². The number of likely N-dealkylation sites (N-methyl/N-ethyl adjacent to an activating group) is 1. The lowest BCUT2D eigenvalue weighted by Gasteiger charge is -2.18. The summed E-state index contributed by atoms with van der Waals surface area (Å²) in [6, 6.07) is 4.24. The van der Waals surface area contributed by atoms with Crippen LogP contribution in [-0.4, -0.2) is 35.0 Å². The molecule has 0 aliphatic rings. The third-order valence-corrected chi connectivity index (χ3v) is 2.24. The summed E-state index contributed by atoms with van der Waals surface area (Å²) < 4.78 is 0. The lowest BCUT2D eigenvalue weighted by Crippen LogP contribution is -2.29. The fraction of sp³-hybridized carbons (Fsp3) is 0.400. The van der Waals surface area contributed by atoms with Crippen molar-refractivity contribution >= 4 is 11.6 Å². The Hall–Kier alpha value is -0.810. The molecule has 1 aromatic carbocycles. The second kappa shape index (κ2) is 5.32. The first-order chi connectivity index (χ1) is 7.04. The van der Waals surface area contributed by atoms with Gasteiger partial charge in [-0.3, -0.25) is 0 Å². The molecule has 0 bridgehead atoms. The van der Waals surface area contributed by atoms with Gasteiger partial charge in [0.05, 0.1) is 6.10 Å². The summed E-state index contributed by atoms with van der Waals surface area (Å²) in [4.78, 5) is 0. The maximum Gasteiger partial charge on any atom is 0.117 e. The van der Waals surface area contributed by atoms with Crippen LogP contribution in [0.4, 0.5) is 0 Å². The minimum atomic E-state index is -1.07.